The first-order chi connectivity index (χ1) is 16.6. The lowest BCUT2D eigenvalue weighted by molar-refractivity contribution is 0.110. The Morgan fingerprint density at radius 3 is 2.91 bits per heavy atom. The van der Waals surface area contributed by atoms with Gasteiger partial charge in [0, 0.05) is 43.9 Å². The Morgan fingerprint density at radius 1 is 1.18 bits per heavy atom. The van der Waals surface area contributed by atoms with E-state index in [1.54, 1.807) is 29.1 Å². The topological polar surface area (TPSA) is 65.4 Å². The number of rotatable bonds is 8. The van der Waals surface area contributed by atoms with Crippen LogP contribution in [0.15, 0.2) is 59.7 Å². The summed E-state index contributed by atoms with van der Waals surface area (Å²) >= 11 is 5.86. The van der Waals surface area contributed by atoms with Gasteiger partial charge in [-0.05, 0) is 66.6 Å². The molecule has 6 nitrogen and oxygen atoms in total. The Bertz CT molecular complexity index is 1230. The molecule has 7 heteroatoms. The number of benzene rings is 1. The number of aromatic nitrogens is 2. The maximum absolute atomic E-state index is 12.8. The zero-order valence-corrected chi connectivity index (χ0v) is 19.8. The molecule has 0 amide bonds. The number of halogens is 1. The Kier molecular flexibility index (Phi) is 7.09. The van der Waals surface area contributed by atoms with Gasteiger partial charge >= 0.3 is 0 Å². The smallest absolute Gasteiger partial charge is 0.258 e. The molecule has 0 radical (unpaired) electrons. The van der Waals surface area contributed by atoms with E-state index in [1.165, 1.54) is 29.2 Å². The molecule has 1 fully saturated rings. The van der Waals surface area contributed by atoms with Gasteiger partial charge < -0.3 is 14.8 Å². The maximum Gasteiger partial charge on any atom is 0.258 e. The van der Waals surface area contributed by atoms with Crippen molar-refractivity contribution in [2.24, 2.45) is 0 Å². The van der Waals surface area contributed by atoms with E-state index in [0.717, 1.165) is 50.3 Å². The van der Waals surface area contributed by atoms with E-state index in [2.05, 4.69) is 34.6 Å². The summed E-state index contributed by atoms with van der Waals surface area (Å²) < 4.78 is 13.1. The number of hydrogen-bond donors (Lipinski definition) is 1. The summed E-state index contributed by atoms with van der Waals surface area (Å²) in [5.41, 5.74) is 5.41. The van der Waals surface area contributed by atoms with Crippen molar-refractivity contribution in [2.75, 3.05) is 13.2 Å². The summed E-state index contributed by atoms with van der Waals surface area (Å²) in [5.74, 6) is 0.523. The van der Waals surface area contributed by atoms with Crippen molar-refractivity contribution in [3.05, 3.63) is 92.6 Å². The molecular formula is C27H28ClN3O3. The monoisotopic (exact) mass is 477 g/mol. The largest absolute Gasteiger partial charge is 0.487 e. The number of ether oxygens (including phenoxy) is 2. The second kappa shape index (κ2) is 10.6. The molecule has 3 heterocycles. The molecule has 3 aromatic rings. The standard InChI is InChI=1S/C27H28ClN3O3/c28-22-6-7-23(30-16-22)18-34-25-9-10-31(27(32)14-25)24-8-5-20-12-19(3-4-21(20)13-24)15-29-17-26-2-1-11-33-26/h3-4,6-7,9-10,12-14,16,26,29H,1-2,5,8,11,15,17-18H2/t26-/m0/s1. The van der Waals surface area contributed by atoms with Gasteiger partial charge in [-0.1, -0.05) is 29.8 Å². The van der Waals surface area contributed by atoms with Crippen LogP contribution >= 0.6 is 11.6 Å². The zero-order chi connectivity index (χ0) is 23.3. The molecular weight excluding hydrogens is 450 g/mol. The van der Waals surface area contributed by atoms with Gasteiger partial charge in [0.15, 0.2) is 0 Å². The molecule has 0 spiro atoms. The third-order valence-corrected chi connectivity index (χ3v) is 6.50. The van der Waals surface area contributed by atoms with Crippen molar-refractivity contribution in [1.29, 1.82) is 0 Å². The molecule has 0 bridgehead atoms. The molecule has 1 aliphatic carbocycles. The van der Waals surface area contributed by atoms with Crippen molar-refractivity contribution in [3.63, 3.8) is 0 Å². The van der Waals surface area contributed by atoms with Crippen LogP contribution in [0.2, 0.25) is 5.02 Å². The Labute approximate surface area is 204 Å². The number of fused-ring (bicyclic) bond motifs is 1. The molecule has 1 atom stereocenters. The van der Waals surface area contributed by atoms with E-state index in [1.807, 2.05) is 6.07 Å². The predicted molar refractivity (Wildman–Crippen MR) is 134 cm³/mol. The van der Waals surface area contributed by atoms with Gasteiger partial charge in [0.25, 0.3) is 5.56 Å². The minimum absolute atomic E-state index is 0.105. The van der Waals surface area contributed by atoms with Crippen molar-refractivity contribution in [2.45, 2.75) is 44.9 Å². The lowest BCUT2D eigenvalue weighted by atomic mass is 9.93. The van der Waals surface area contributed by atoms with Gasteiger partial charge in [-0.2, -0.15) is 0 Å². The average Bonchev–Trinajstić information content (AvgIpc) is 3.37. The van der Waals surface area contributed by atoms with E-state index < -0.39 is 0 Å². The molecule has 176 valence electrons. The summed E-state index contributed by atoms with van der Waals surface area (Å²) in [4.78, 5) is 17.0. The summed E-state index contributed by atoms with van der Waals surface area (Å²) in [6.07, 6.45) is 9.87. The van der Waals surface area contributed by atoms with Gasteiger partial charge in [0.2, 0.25) is 0 Å². The Balaban J connectivity index is 1.22. The van der Waals surface area contributed by atoms with Crippen LogP contribution in [0.5, 0.6) is 5.75 Å². The van der Waals surface area contributed by atoms with Gasteiger partial charge in [-0.25, -0.2) is 0 Å². The molecule has 5 rings (SSSR count). The first kappa shape index (κ1) is 22.8. The molecule has 2 aliphatic rings. The van der Waals surface area contributed by atoms with Crippen molar-refractivity contribution >= 4 is 23.4 Å². The van der Waals surface area contributed by atoms with Crippen LogP contribution in [0.25, 0.3) is 11.8 Å². The van der Waals surface area contributed by atoms with Crippen LogP contribution in [0.4, 0.5) is 0 Å². The Morgan fingerprint density at radius 2 is 2.12 bits per heavy atom. The minimum Gasteiger partial charge on any atom is -0.487 e. The number of pyridine rings is 2. The van der Waals surface area contributed by atoms with Crippen LogP contribution in [-0.2, 0) is 24.3 Å². The fraction of sp³-hybridized carbons (Fsp3) is 0.333. The number of aryl methyl sites for hydroxylation is 1. The second-order valence-corrected chi connectivity index (χ2v) is 9.20. The van der Waals surface area contributed by atoms with Gasteiger partial charge in [-0.3, -0.25) is 14.3 Å². The first-order valence-corrected chi connectivity index (χ1v) is 12.1. The highest BCUT2D eigenvalue weighted by atomic mass is 35.5. The molecule has 1 saturated heterocycles. The van der Waals surface area contributed by atoms with Crippen LogP contribution in [0, 0.1) is 0 Å². The predicted octanol–water partition coefficient (Wildman–Crippen LogP) is 4.69. The highest BCUT2D eigenvalue weighted by Gasteiger charge is 2.16. The fourth-order valence-corrected chi connectivity index (χ4v) is 4.56. The van der Waals surface area contributed by atoms with Crippen molar-refractivity contribution < 1.29 is 9.47 Å². The molecule has 34 heavy (non-hydrogen) atoms. The quantitative estimate of drug-likeness (QED) is 0.510. The van der Waals surface area contributed by atoms with Crippen molar-refractivity contribution in [3.8, 4) is 5.75 Å². The van der Waals surface area contributed by atoms with E-state index in [-0.39, 0.29) is 12.2 Å². The summed E-state index contributed by atoms with van der Waals surface area (Å²) in [6.45, 7) is 2.91. The van der Waals surface area contributed by atoms with Crippen LogP contribution < -0.4 is 15.6 Å². The summed E-state index contributed by atoms with van der Waals surface area (Å²) in [5, 5.41) is 4.09. The second-order valence-electron chi connectivity index (χ2n) is 8.76. The average molecular weight is 478 g/mol. The van der Waals surface area contributed by atoms with Crippen LogP contribution in [0.3, 0.4) is 0 Å². The molecule has 1 aliphatic heterocycles. The molecule has 1 aromatic carbocycles. The summed E-state index contributed by atoms with van der Waals surface area (Å²) in [7, 11) is 0. The van der Waals surface area contributed by atoms with E-state index in [4.69, 9.17) is 21.1 Å². The van der Waals surface area contributed by atoms with Gasteiger partial charge in [0.1, 0.15) is 12.4 Å². The van der Waals surface area contributed by atoms with Crippen molar-refractivity contribution in [1.82, 2.24) is 14.9 Å². The lowest BCUT2D eigenvalue weighted by Crippen LogP contribution is -2.25. The van der Waals surface area contributed by atoms with Gasteiger partial charge in [0.05, 0.1) is 16.8 Å². The normalized spacial score (nSPS) is 17.3. The third-order valence-electron chi connectivity index (χ3n) is 6.28. The lowest BCUT2D eigenvalue weighted by Gasteiger charge is -2.19. The first-order valence-electron chi connectivity index (χ1n) is 11.7. The summed E-state index contributed by atoms with van der Waals surface area (Å²) in [6, 6.07) is 13.5. The van der Waals surface area contributed by atoms with Crippen LogP contribution in [-0.4, -0.2) is 28.8 Å². The molecule has 0 saturated carbocycles. The Hall–Kier alpha value is -2.93. The SMILES string of the molecule is O=c1cc(OCc2ccc(Cl)cn2)ccn1C1=Cc2ccc(CNC[C@@H]3CCCO3)cc2CC1. The van der Waals surface area contributed by atoms with E-state index >= 15 is 0 Å². The number of nitrogens with one attached hydrogen (secondary N) is 1. The molecule has 0 unspecified atom stereocenters. The highest BCUT2D eigenvalue weighted by Crippen LogP contribution is 2.27. The fourth-order valence-electron chi connectivity index (χ4n) is 4.45. The minimum atomic E-state index is -0.105. The highest BCUT2D eigenvalue weighted by molar-refractivity contribution is 6.30. The van der Waals surface area contributed by atoms with Gasteiger partial charge in [-0.15, -0.1) is 0 Å². The van der Waals surface area contributed by atoms with Crippen LogP contribution in [0.1, 0.15) is 41.6 Å². The van der Waals surface area contributed by atoms with E-state index in [0.29, 0.717) is 16.9 Å². The maximum atomic E-state index is 12.8. The number of hydrogen-bond acceptors (Lipinski definition) is 5. The van der Waals surface area contributed by atoms with E-state index in [9.17, 15) is 4.79 Å². The zero-order valence-electron chi connectivity index (χ0n) is 19.0. The number of allylic oxidation sites excluding steroid dienone is 1. The molecule has 1 N–H and O–H groups in total. The third kappa shape index (κ3) is 5.58. The molecule has 2 aromatic heterocycles. The number of nitrogens with zero attached hydrogens (tertiary/aromatic N) is 2.